The first kappa shape index (κ1) is 17.2. The van der Waals surface area contributed by atoms with Crippen LogP contribution in [0.15, 0.2) is 42.6 Å². The SMILES string of the molecule is CNC(=O)[C@H]1CN(C(=O)c2ccn(C)n2)CCN1Cc1ccccc1. The van der Waals surface area contributed by atoms with Gasteiger partial charge in [-0.25, -0.2) is 0 Å². The molecule has 0 saturated carbocycles. The largest absolute Gasteiger partial charge is 0.358 e. The maximum absolute atomic E-state index is 12.6. The number of nitrogens with zero attached hydrogens (tertiary/aromatic N) is 4. The number of hydrogen-bond donors (Lipinski definition) is 1. The van der Waals surface area contributed by atoms with E-state index in [0.717, 1.165) is 5.56 Å². The Kier molecular flexibility index (Phi) is 5.14. The van der Waals surface area contributed by atoms with E-state index in [-0.39, 0.29) is 17.9 Å². The van der Waals surface area contributed by atoms with Crippen molar-refractivity contribution in [3.63, 3.8) is 0 Å². The number of rotatable bonds is 4. The van der Waals surface area contributed by atoms with Crippen LogP contribution >= 0.6 is 0 Å². The van der Waals surface area contributed by atoms with Gasteiger partial charge in [0.1, 0.15) is 11.7 Å². The molecule has 1 aromatic carbocycles. The van der Waals surface area contributed by atoms with Crippen LogP contribution in [-0.4, -0.2) is 64.1 Å². The van der Waals surface area contributed by atoms with Crippen molar-refractivity contribution < 1.29 is 9.59 Å². The van der Waals surface area contributed by atoms with Crippen LogP contribution in [0.5, 0.6) is 0 Å². The van der Waals surface area contributed by atoms with Crippen LogP contribution in [0.1, 0.15) is 16.1 Å². The van der Waals surface area contributed by atoms with Crippen molar-refractivity contribution in [3.8, 4) is 0 Å². The van der Waals surface area contributed by atoms with Gasteiger partial charge < -0.3 is 10.2 Å². The number of carbonyl (C=O) groups is 2. The molecule has 1 aliphatic heterocycles. The third kappa shape index (κ3) is 3.88. The van der Waals surface area contributed by atoms with Gasteiger partial charge in [0.15, 0.2) is 0 Å². The molecule has 3 rings (SSSR count). The molecule has 25 heavy (non-hydrogen) atoms. The highest BCUT2D eigenvalue weighted by atomic mass is 16.2. The van der Waals surface area contributed by atoms with Gasteiger partial charge >= 0.3 is 0 Å². The van der Waals surface area contributed by atoms with Gasteiger partial charge in [-0.05, 0) is 11.6 Å². The molecular weight excluding hydrogens is 318 g/mol. The fourth-order valence-corrected chi connectivity index (χ4v) is 3.12. The lowest BCUT2D eigenvalue weighted by atomic mass is 10.1. The van der Waals surface area contributed by atoms with Gasteiger partial charge in [0.05, 0.1) is 0 Å². The Labute approximate surface area is 147 Å². The summed E-state index contributed by atoms with van der Waals surface area (Å²) in [6.07, 6.45) is 1.75. The minimum atomic E-state index is -0.369. The standard InChI is InChI=1S/C18H23N5O2/c1-19-17(24)16-13-23(18(25)15-8-9-21(2)20-15)11-10-22(16)12-14-6-4-3-5-7-14/h3-9,16H,10-13H2,1-2H3,(H,19,24)/t16-/m1/s1. The lowest BCUT2D eigenvalue weighted by Gasteiger charge is -2.40. The molecule has 2 amide bonds. The van der Waals surface area contributed by atoms with E-state index in [1.54, 1.807) is 35.9 Å². The van der Waals surface area contributed by atoms with E-state index >= 15 is 0 Å². The summed E-state index contributed by atoms with van der Waals surface area (Å²) < 4.78 is 1.61. The first-order chi connectivity index (χ1) is 12.1. The number of nitrogens with one attached hydrogen (secondary N) is 1. The number of amides is 2. The third-order valence-electron chi connectivity index (χ3n) is 4.49. The Morgan fingerprint density at radius 3 is 2.60 bits per heavy atom. The maximum atomic E-state index is 12.6. The van der Waals surface area contributed by atoms with Gasteiger partial charge in [0.2, 0.25) is 5.91 Å². The van der Waals surface area contributed by atoms with Crippen LogP contribution in [0.2, 0.25) is 0 Å². The second-order valence-electron chi connectivity index (χ2n) is 6.21. The predicted molar refractivity (Wildman–Crippen MR) is 93.8 cm³/mol. The average molecular weight is 341 g/mol. The highest BCUT2D eigenvalue weighted by Crippen LogP contribution is 2.16. The zero-order valence-corrected chi connectivity index (χ0v) is 14.6. The summed E-state index contributed by atoms with van der Waals surface area (Å²) >= 11 is 0. The van der Waals surface area contributed by atoms with E-state index < -0.39 is 0 Å². The van der Waals surface area contributed by atoms with Crippen molar-refractivity contribution >= 4 is 11.8 Å². The molecule has 132 valence electrons. The first-order valence-corrected chi connectivity index (χ1v) is 8.37. The Morgan fingerprint density at radius 1 is 1.20 bits per heavy atom. The lowest BCUT2D eigenvalue weighted by molar-refractivity contribution is -0.128. The van der Waals surface area contributed by atoms with Crippen LogP contribution in [0.3, 0.4) is 0 Å². The highest BCUT2D eigenvalue weighted by molar-refractivity contribution is 5.93. The van der Waals surface area contributed by atoms with E-state index in [1.165, 1.54) is 0 Å². The van der Waals surface area contributed by atoms with Crippen molar-refractivity contribution in [1.29, 1.82) is 0 Å². The van der Waals surface area contributed by atoms with Crippen molar-refractivity contribution in [2.24, 2.45) is 7.05 Å². The number of piperazine rings is 1. The Morgan fingerprint density at radius 2 is 1.96 bits per heavy atom. The minimum absolute atomic E-state index is 0.0746. The zero-order valence-electron chi connectivity index (χ0n) is 14.6. The summed E-state index contributed by atoms with van der Waals surface area (Å²) in [5.74, 6) is -0.205. The van der Waals surface area contributed by atoms with Gasteiger partial charge in [-0.2, -0.15) is 5.10 Å². The zero-order chi connectivity index (χ0) is 17.8. The van der Waals surface area contributed by atoms with Crippen LogP contribution < -0.4 is 5.32 Å². The normalized spacial score (nSPS) is 18.2. The molecule has 1 N–H and O–H groups in total. The second kappa shape index (κ2) is 7.48. The molecule has 0 spiro atoms. The first-order valence-electron chi connectivity index (χ1n) is 8.37. The van der Waals surface area contributed by atoms with Crippen molar-refractivity contribution in [1.82, 2.24) is 24.9 Å². The lowest BCUT2D eigenvalue weighted by Crippen LogP contribution is -2.59. The van der Waals surface area contributed by atoms with Crippen molar-refractivity contribution in [2.45, 2.75) is 12.6 Å². The van der Waals surface area contributed by atoms with Crippen LogP contribution in [0, 0.1) is 0 Å². The predicted octanol–water partition coefficient (Wildman–Crippen LogP) is 0.493. The van der Waals surface area contributed by atoms with E-state index in [1.807, 2.05) is 30.3 Å². The summed E-state index contributed by atoms with van der Waals surface area (Å²) in [6.45, 7) is 2.27. The number of aromatic nitrogens is 2. The maximum Gasteiger partial charge on any atom is 0.274 e. The Balaban J connectivity index is 1.74. The number of likely N-dealkylation sites (N-methyl/N-ethyl adjacent to an activating group) is 1. The monoisotopic (exact) mass is 341 g/mol. The molecule has 2 aromatic rings. The van der Waals surface area contributed by atoms with E-state index in [4.69, 9.17) is 0 Å². The molecule has 1 fully saturated rings. The van der Waals surface area contributed by atoms with E-state index in [0.29, 0.717) is 31.9 Å². The molecule has 2 heterocycles. The van der Waals surface area contributed by atoms with Crippen molar-refractivity contribution in [3.05, 3.63) is 53.9 Å². The van der Waals surface area contributed by atoms with Crippen LogP contribution in [-0.2, 0) is 18.4 Å². The minimum Gasteiger partial charge on any atom is -0.358 e. The summed E-state index contributed by atoms with van der Waals surface area (Å²) in [4.78, 5) is 28.8. The Hall–Kier alpha value is -2.67. The van der Waals surface area contributed by atoms with Crippen LogP contribution in [0.4, 0.5) is 0 Å². The number of benzene rings is 1. The fraction of sp³-hybridized carbons (Fsp3) is 0.389. The highest BCUT2D eigenvalue weighted by Gasteiger charge is 2.34. The molecule has 1 aromatic heterocycles. The van der Waals surface area contributed by atoms with E-state index in [9.17, 15) is 9.59 Å². The molecule has 0 bridgehead atoms. The van der Waals surface area contributed by atoms with E-state index in [2.05, 4.69) is 15.3 Å². The van der Waals surface area contributed by atoms with Gasteiger partial charge in [-0.15, -0.1) is 0 Å². The molecule has 0 radical (unpaired) electrons. The fourth-order valence-electron chi connectivity index (χ4n) is 3.12. The molecule has 0 unspecified atom stereocenters. The van der Waals surface area contributed by atoms with Gasteiger partial charge in [0, 0.05) is 46.5 Å². The molecule has 7 nitrogen and oxygen atoms in total. The van der Waals surface area contributed by atoms with Gasteiger partial charge in [0.25, 0.3) is 5.91 Å². The van der Waals surface area contributed by atoms with Crippen LogP contribution in [0.25, 0.3) is 0 Å². The number of aryl methyl sites for hydroxylation is 1. The molecule has 7 heteroatoms. The molecule has 1 atom stereocenters. The summed E-state index contributed by atoms with van der Waals surface area (Å²) in [7, 11) is 3.41. The second-order valence-corrected chi connectivity index (χ2v) is 6.21. The molecule has 1 aliphatic rings. The number of hydrogen-bond acceptors (Lipinski definition) is 4. The quantitative estimate of drug-likeness (QED) is 0.879. The smallest absolute Gasteiger partial charge is 0.274 e. The average Bonchev–Trinajstić information content (AvgIpc) is 3.08. The summed E-state index contributed by atoms with van der Waals surface area (Å²) in [5, 5.41) is 6.89. The Bertz CT molecular complexity index is 743. The summed E-state index contributed by atoms with van der Waals surface area (Å²) in [6, 6.07) is 11.4. The molecular formula is C18H23N5O2. The van der Waals surface area contributed by atoms with Gasteiger partial charge in [-0.1, -0.05) is 30.3 Å². The third-order valence-corrected chi connectivity index (χ3v) is 4.49. The number of carbonyl (C=O) groups excluding carboxylic acids is 2. The summed E-state index contributed by atoms with van der Waals surface area (Å²) in [5.41, 5.74) is 1.57. The molecule has 0 aliphatic carbocycles. The van der Waals surface area contributed by atoms with Crippen molar-refractivity contribution in [2.75, 3.05) is 26.7 Å². The molecule has 1 saturated heterocycles. The van der Waals surface area contributed by atoms with Gasteiger partial charge in [-0.3, -0.25) is 19.2 Å². The topological polar surface area (TPSA) is 70.5 Å².